The second-order valence-corrected chi connectivity index (χ2v) is 5.55. The lowest BCUT2D eigenvalue weighted by Gasteiger charge is -2.10. The summed E-state index contributed by atoms with van der Waals surface area (Å²) in [7, 11) is -5.68. The second kappa shape index (κ2) is 4.57. The highest BCUT2D eigenvalue weighted by Crippen LogP contribution is 2.31. The molecule has 8 heteroatoms. The zero-order valence-electron chi connectivity index (χ0n) is 9.11. The van der Waals surface area contributed by atoms with Crippen molar-refractivity contribution in [2.24, 2.45) is 0 Å². The van der Waals surface area contributed by atoms with Crippen LogP contribution >= 0.6 is 11.6 Å². The highest BCUT2D eigenvalue weighted by atomic mass is 35.5. The van der Waals surface area contributed by atoms with Crippen LogP contribution in [0.5, 0.6) is 5.75 Å². The Bertz CT molecular complexity index is 726. The largest absolute Gasteiger partial charge is 0.534 e. The van der Waals surface area contributed by atoms with Gasteiger partial charge in [0.2, 0.25) is 0 Å². The molecule has 0 heterocycles. The first-order valence-electron chi connectivity index (χ1n) is 4.90. The van der Waals surface area contributed by atoms with Crippen molar-refractivity contribution >= 4 is 32.5 Å². The van der Waals surface area contributed by atoms with Gasteiger partial charge in [0, 0.05) is 10.4 Å². The fraction of sp³-hybridized carbons (Fsp3) is 0.0909. The Balaban J connectivity index is 2.46. The van der Waals surface area contributed by atoms with Gasteiger partial charge in [-0.1, -0.05) is 29.8 Å². The Hall–Kier alpha value is -1.47. The molecule has 0 amide bonds. The molecule has 19 heavy (non-hydrogen) atoms. The molecular formula is C11H6ClF3O3S. The van der Waals surface area contributed by atoms with E-state index in [2.05, 4.69) is 4.18 Å². The molecule has 3 nitrogen and oxygen atoms in total. The minimum Gasteiger partial charge on any atom is -0.376 e. The van der Waals surface area contributed by atoms with Crippen molar-refractivity contribution in [1.82, 2.24) is 0 Å². The van der Waals surface area contributed by atoms with Crippen molar-refractivity contribution in [1.29, 1.82) is 0 Å². The summed E-state index contributed by atoms with van der Waals surface area (Å²) in [4.78, 5) is 0. The number of rotatable bonds is 2. The van der Waals surface area contributed by atoms with Crippen molar-refractivity contribution < 1.29 is 25.8 Å². The zero-order valence-corrected chi connectivity index (χ0v) is 10.7. The van der Waals surface area contributed by atoms with Crippen LogP contribution in [0.2, 0.25) is 5.02 Å². The van der Waals surface area contributed by atoms with E-state index in [0.29, 0.717) is 10.8 Å². The molecule has 0 aliphatic carbocycles. The standard InChI is InChI=1S/C11H6ClF3O3S/c12-10-3-1-2-7-4-5-8(6-9(7)10)18-19(16,17)11(13,14)15/h1-6H. The molecule has 0 aliphatic heterocycles. The van der Waals surface area contributed by atoms with Crippen LogP contribution in [0.3, 0.4) is 0 Å². The van der Waals surface area contributed by atoms with E-state index in [0.717, 1.165) is 12.1 Å². The van der Waals surface area contributed by atoms with Crippen LogP contribution in [0.1, 0.15) is 0 Å². The topological polar surface area (TPSA) is 43.4 Å². The van der Waals surface area contributed by atoms with Gasteiger partial charge in [-0.2, -0.15) is 21.6 Å². The molecule has 2 rings (SSSR count). The Kier molecular flexibility index (Phi) is 3.36. The molecular weight excluding hydrogens is 305 g/mol. The minimum atomic E-state index is -5.68. The van der Waals surface area contributed by atoms with Crippen molar-refractivity contribution in [2.45, 2.75) is 5.51 Å². The summed E-state index contributed by atoms with van der Waals surface area (Å²) in [6.45, 7) is 0. The van der Waals surface area contributed by atoms with Crippen LogP contribution < -0.4 is 4.18 Å². The summed E-state index contributed by atoms with van der Waals surface area (Å²) >= 11 is 5.86. The fourth-order valence-electron chi connectivity index (χ4n) is 1.44. The summed E-state index contributed by atoms with van der Waals surface area (Å²) in [6.07, 6.45) is 0. The maximum Gasteiger partial charge on any atom is 0.534 e. The molecule has 2 aromatic rings. The van der Waals surface area contributed by atoms with E-state index in [9.17, 15) is 21.6 Å². The van der Waals surface area contributed by atoms with Crippen LogP contribution in [-0.4, -0.2) is 13.9 Å². The maximum atomic E-state index is 12.2. The van der Waals surface area contributed by atoms with Gasteiger partial charge in [0.15, 0.2) is 0 Å². The van der Waals surface area contributed by atoms with Gasteiger partial charge in [-0.25, -0.2) is 0 Å². The second-order valence-electron chi connectivity index (χ2n) is 3.61. The van der Waals surface area contributed by atoms with Gasteiger partial charge in [0.25, 0.3) is 0 Å². The highest BCUT2D eigenvalue weighted by Gasteiger charge is 2.48. The number of fused-ring (bicyclic) bond motifs is 1. The SMILES string of the molecule is O=S(=O)(Oc1ccc2cccc(Cl)c2c1)C(F)(F)F. The molecule has 0 unspecified atom stereocenters. The normalized spacial score (nSPS) is 12.6. The number of hydrogen-bond donors (Lipinski definition) is 0. The van der Waals surface area contributed by atoms with Gasteiger partial charge in [0.1, 0.15) is 5.75 Å². The van der Waals surface area contributed by atoms with Gasteiger partial charge in [-0.15, -0.1) is 0 Å². The highest BCUT2D eigenvalue weighted by molar-refractivity contribution is 7.88. The number of alkyl halides is 3. The monoisotopic (exact) mass is 310 g/mol. The molecule has 0 aromatic heterocycles. The van der Waals surface area contributed by atoms with Crippen molar-refractivity contribution in [3.05, 3.63) is 41.4 Å². The van der Waals surface area contributed by atoms with E-state index in [1.807, 2.05) is 0 Å². The van der Waals surface area contributed by atoms with E-state index in [4.69, 9.17) is 11.6 Å². The average Bonchev–Trinajstić information content (AvgIpc) is 2.28. The Morgan fingerprint density at radius 1 is 1.11 bits per heavy atom. The third-order valence-corrected chi connectivity index (χ3v) is 3.60. The van der Waals surface area contributed by atoms with E-state index in [1.54, 1.807) is 12.1 Å². The first-order valence-corrected chi connectivity index (χ1v) is 6.68. The van der Waals surface area contributed by atoms with Crippen molar-refractivity contribution in [2.75, 3.05) is 0 Å². The van der Waals surface area contributed by atoms with Crippen LogP contribution in [-0.2, 0) is 10.1 Å². The van der Waals surface area contributed by atoms with Gasteiger partial charge in [0.05, 0.1) is 0 Å². The molecule has 102 valence electrons. The minimum absolute atomic E-state index is 0.285. The Morgan fingerprint density at radius 3 is 2.42 bits per heavy atom. The molecule has 0 radical (unpaired) electrons. The summed E-state index contributed by atoms with van der Waals surface area (Å²) in [5.74, 6) is -0.446. The molecule has 0 saturated carbocycles. The third-order valence-electron chi connectivity index (χ3n) is 2.29. The molecule has 0 atom stereocenters. The molecule has 0 aliphatic rings. The Morgan fingerprint density at radius 2 is 1.79 bits per heavy atom. The lowest BCUT2D eigenvalue weighted by Crippen LogP contribution is -2.28. The number of hydrogen-bond acceptors (Lipinski definition) is 3. The average molecular weight is 311 g/mol. The predicted molar refractivity (Wildman–Crippen MR) is 64.6 cm³/mol. The molecule has 2 aromatic carbocycles. The molecule has 0 saturated heterocycles. The maximum absolute atomic E-state index is 12.2. The fourth-order valence-corrected chi connectivity index (χ4v) is 2.13. The first-order chi connectivity index (χ1) is 8.71. The summed E-state index contributed by atoms with van der Waals surface area (Å²) in [5, 5.41) is 1.34. The number of halogens is 4. The first kappa shape index (κ1) is 14.0. The van der Waals surface area contributed by atoms with Gasteiger partial charge >= 0.3 is 15.6 Å². The summed E-state index contributed by atoms with van der Waals surface area (Å²) in [5.41, 5.74) is -5.47. The lowest BCUT2D eigenvalue weighted by molar-refractivity contribution is -0.0500. The van der Waals surface area contributed by atoms with Crippen molar-refractivity contribution in [3.8, 4) is 5.75 Å². The van der Waals surface area contributed by atoms with Crippen LogP contribution in [0.15, 0.2) is 36.4 Å². The number of benzene rings is 2. The van der Waals surface area contributed by atoms with Crippen LogP contribution in [0, 0.1) is 0 Å². The van der Waals surface area contributed by atoms with E-state index >= 15 is 0 Å². The Labute approximate surface area is 111 Å². The molecule has 0 N–H and O–H groups in total. The van der Waals surface area contributed by atoms with Gasteiger partial charge in [-0.3, -0.25) is 0 Å². The quantitative estimate of drug-likeness (QED) is 0.627. The zero-order chi connectivity index (χ0) is 14.3. The van der Waals surface area contributed by atoms with Crippen LogP contribution in [0.4, 0.5) is 13.2 Å². The van der Waals surface area contributed by atoms with Crippen molar-refractivity contribution in [3.63, 3.8) is 0 Å². The van der Waals surface area contributed by atoms with Crippen LogP contribution in [0.25, 0.3) is 10.8 Å². The molecule has 0 bridgehead atoms. The van der Waals surface area contributed by atoms with E-state index in [1.165, 1.54) is 12.1 Å². The van der Waals surface area contributed by atoms with E-state index in [-0.39, 0.29) is 5.02 Å². The molecule has 0 spiro atoms. The lowest BCUT2D eigenvalue weighted by atomic mass is 10.1. The van der Waals surface area contributed by atoms with Gasteiger partial charge < -0.3 is 4.18 Å². The molecule has 0 fully saturated rings. The van der Waals surface area contributed by atoms with Gasteiger partial charge in [-0.05, 0) is 23.6 Å². The predicted octanol–water partition coefficient (Wildman–Crippen LogP) is 3.72. The van der Waals surface area contributed by atoms with E-state index < -0.39 is 21.4 Å². The summed E-state index contributed by atoms with van der Waals surface area (Å²) < 4.78 is 62.3. The summed E-state index contributed by atoms with van der Waals surface area (Å²) in [6, 6.07) is 8.57. The third kappa shape index (κ3) is 2.76. The smallest absolute Gasteiger partial charge is 0.376 e.